The zero-order chi connectivity index (χ0) is 30.4. The van der Waals surface area contributed by atoms with Crippen LogP contribution in [0.25, 0.3) is 27.6 Å². The summed E-state index contributed by atoms with van der Waals surface area (Å²) in [5.41, 5.74) is 4.33. The second kappa shape index (κ2) is 8.94. The number of nitrogens with zero attached hydrogens (tertiary/aromatic N) is 4. The Hall–Kier alpha value is -4.12. The second-order valence-electron chi connectivity index (χ2n) is 13.0. The average molecular weight is 545 g/mol. The van der Waals surface area contributed by atoms with Crippen molar-refractivity contribution in [1.82, 2.24) is 9.55 Å². The highest BCUT2D eigenvalue weighted by Crippen LogP contribution is 2.50. The summed E-state index contributed by atoms with van der Waals surface area (Å²) in [6.07, 6.45) is 7.14. The maximum atomic E-state index is 8.20. The molecule has 2 fully saturated rings. The van der Waals surface area contributed by atoms with Crippen molar-refractivity contribution in [3.8, 4) is 17.3 Å². The Labute approximate surface area is 245 Å². The van der Waals surface area contributed by atoms with Gasteiger partial charge in [0.1, 0.15) is 35.1 Å². The van der Waals surface area contributed by atoms with Gasteiger partial charge in [0.25, 0.3) is 0 Å². The SMILES string of the molecule is [2H]C([2H])([2H])[N+]1=CN(c2cccc(Oc3ccc4c5ccccc5n(-c5cc(C(C)(C)C)ccn5)c4c3)c2)C2C3CCC(C3)C21. The number of aromatic nitrogens is 2. The molecule has 3 heterocycles. The topological polar surface area (TPSA) is 33.3 Å². The molecule has 0 N–H and O–H groups in total. The van der Waals surface area contributed by atoms with Gasteiger partial charge in [0.2, 0.25) is 6.34 Å². The van der Waals surface area contributed by atoms with Crippen molar-refractivity contribution in [3.63, 3.8) is 0 Å². The van der Waals surface area contributed by atoms with Crippen molar-refractivity contribution < 1.29 is 13.4 Å². The molecule has 206 valence electrons. The van der Waals surface area contributed by atoms with Crippen molar-refractivity contribution in [2.24, 2.45) is 11.8 Å². The number of ether oxygens (including phenoxy) is 1. The number of fused-ring (bicyclic) bond motifs is 8. The van der Waals surface area contributed by atoms with E-state index in [1.807, 2.05) is 36.8 Å². The van der Waals surface area contributed by atoms with Crippen LogP contribution in [0.4, 0.5) is 5.69 Å². The molecule has 41 heavy (non-hydrogen) atoms. The molecule has 2 bridgehead atoms. The lowest BCUT2D eigenvalue weighted by atomic mass is 9.88. The Kier molecular flexibility index (Phi) is 4.71. The number of hydrogen-bond donors (Lipinski definition) is 0. The van der Waals surface area contributed by atoms with E-state index in [0.29, 0.717) is 11.8 Å². The summed E-state index contributed by atoms with van der Waals surface area (Å²) in [6.45, 7) is 4.51. The molecule has 0 saturated heterocycles. The van der Waals surface area contributed by atoms with Crippen LogP contribution in [0.3, 0.4) is 0 Å². The Bertz CT molecular complexity index is 1950. The van der Waals surface area contributed by atoms with E-state index in [2.05, 4.69) is 84.8 Å². The molecule has 5 aromatic rings. The van der Waals surface area contributed by atoms with Gasteiger partial charge in [-0.1, -0.05) is 45.0 Å². The largest absolute Gasteiger partial charge is 0.457 e. The highest BCUT2D eigenvalue weighted by Gasteiger charge is 2.58. The lowest BCUT2D eigenvalue weighted by Crippen LogP contribution is -2.42. The van der Waals surface area contributed by atoms with Gasteiger partial charge in [-0.2, -0.15) is 0 Å². The van der Waals surface area contributed by atoms with Crippen LogP contribution >= 0.6 is 0 Å². The van der Waals surface area contributed by atoms with Gasteiger partial charge in [-0.15, -0.1) is 0 Å². The third-order valence-corrected chi connectivity index (χ3v) is 9.56. The van der Waals surface area contributed by atoms with Gasteiger partial charge < -0.3 is 4.74 Å². The van der Waals surface area contributed by atoms with Crippen molar-refractivity contribution in [2.45, 2.75) is 57.5 Å². The number of hydrogen-bond acceptors (Lipinski definition) is 3. The summed E-state index contributed by atoms with van der Waals surface area (Å²) >= 11 is 0. The Morgan fingerprint density at radius 3 is 2.59 bits per heavy atom. The van der Waals surface area contributed by atoms with Gasteiger partial charge in [0.15, 0.2) is 0 Å². The van der Waals surface area contributed by atoms with Crippen LogP contribution in [0.5, 0.6) is 11.5 Å². The third-order valence-electron chi connectivity index (χ3n) is 9.56. The average Bonchev–Trinajstić information content (AvgIpc) is 3.76. The minimum absolute atomic E-state index is 0.00108. The summed E-state index contributed by atoms with van der Waals surface area (Å²) in [5, 5.41) is 2.31. The first-order valence-electron chi connectivity index (χ1n) is 16.3. The summed E-state index contributed by atoms with van der Waals surface area (Å²) in [5.74, 6) is 3.30. The molecule has 0 radical (unpaired) electrons. The molecule has 3 aromatic carbocycles. The Balaban J connectivity index is 1.17. The molecule has 2 saturated carbocycles. The number of anilines is 1. The van der Waals surface area contributed by atoms with Crippen molar-refractivity contribution >= 4 is 33.8 Å². The quantitative estimate of drug-likeness (QED) is 0.216. The van der Waals surface area contributed by atoms with E-state index >= 15 is 0 Å². The predicted molar refractivity (Wildman–Crippen MR) is 167 cm³/mol. The first-order valence-corrected chi connectivity index (χ1v) is 14.8. The maximum absolute atomic E-state index is 8.20. The number of benzene rings is 3. The summed E-state index contributed by atoms with van der Waals surface area (Å²) in [6, 6.07) is 27.2. The summed E-state index contributed by atoms with van der Waals surface area (Å²) < 4.78 is 35.0. The van der Waals surface area contributed by atoms with E-state index < -0.39 is 6.98 Å². The lowest BCUT2D eigenvalue weighted by Gasteiger charge is -2.26. The number of likely N-dealkylation sites (N-methyl/N-ethyl adjacent to an activating group) is 1. The second-order valence-corrected chi connectivity index (χ2v) is 13.0. The van der Waals surface area contributed by atoms with Crippen LogP contribution < -0.4 is 9.64 Å². The van der Waals surface area contributed by atoms with E-state index in [1.165, 1.54) is 17.4 Å². The molecule has 4 atom stereocenters. The minimum Gasteiger partial charge on any atom is -0.457 e. The number of pyridine rings is 1. The van der Waals surface area contributed by atoms with E-state index in [1.54, 1.807) is 4.58 Å². The van der Waals surface area contributed by atoms with Crippen LogP contribution in [-0.2, 0) is 5.41 Å². The highest BCUT2D eigenvalue weighted by molar-refractivity contribution is 6.09. The molecule has 2 aromatic heterocycles. The normalized spacial score (nSPS) is 24.8. The molecular weight excluding hydrogens is 504 g/mol. The molecule has 4 unspecified atom stereocenters. The molecule has 5 nitrogen and oxygen atoms in total. The monoisotopic (exact) mass is 544 g/mol. The minimum atomic E-state index is -2.15. The van der Waals surface area contributed by atoms with E-state index in [9.17, 15) is 0 Å². The predicted octanol–water partition coefficient (Wildman–Crippen LogP) is 7.93. The van der Waals surface area contributed by atoms with E-state index in [0.717, 1.165) is 52.3 Å². The summed E-state index contributed by atoms with van der Waals surface area (Å²) in [4.78, 5) is 7.00. The molecule has 0 amide bonds. The van der Waals surface area contributed by atoms with Crippen molar-refractivity contribution in [3.05, 3.63) is 90.6 Å². The van der Waals surface area contributed by atoms with E-state index in [4.69, 9.17) is 13.8 Å². The van der Waals surface area contributed by atoms with Gasteiger partial charge in [0.05, 0.1) is 22.1 Å². The van der Waals surface area contributed by atoms with Crippen LogP contribution in [-0.4, -0.2) is 39.5 Å². The third kappa shape index (κ3) is 3.89. The smallest absolute Gasteiger partial charge is 0.239 e. The first-order chi connectivity index (χ1) is 21.1. The standard InChI is InChI=1S/C36H37N4O/c1-36(2,3)25-16-17-37-33(19-25)40-31-11-6-5-10-29(31)30-15-14-28(21-32(30)40)41-27-9-7-8-26(20-27)39-22-38(4)34-23-12-13-24(18-23)35(34)39/h5-11,14-17,19-24,34-35H,12-13,18H2,1-4H3/q+1/i4D3. The fourth-order valence-corrected chi connectivity index (χ4v) is 7.65. The van der Waals surface area contributed by atoms with Crippen LogP contribution in [0.15, 0.2) is 85.1 Å². The molecule has 2 aliphatic carbocycles. The molecule has 1 aliphatic heterocycles. The molecule has 8 rings (SSSR count). The van der Waals surface area contributed by atoms with Gasteiger partial charge in [-0.05, 0) is 72.7 Å². The van der Waals surface area contributed by atoms with Crippen LogP contribution in [0, 0.1) is 11.8 Å². The van der Waals surface area contributed by atoms with E-state index in [-0.39, 0.29) is 17.5 Å². The zero-order valence-electron chi connectivity index (χ0n) is 26.8. The first kappa shape index (κ1) is 21.6. The Morgan fingerprint density at radius 1 is 0.878 bits per heavy atom. The molecule has 0 spiro atoms. The van der Waals surface area contributed by atoms with Gasteiger partial charge in [0, 0.05) is 40.9 Å². The Morgan fingerprint density at radius 2 is 1.71 bits per heavy atom. The van der Waals surface area contributed by atoms with Gasteiger partial charge in [-0.3, -0.25) is 9.14 Å². The maximum Gasteiger partial charge on any atom is 0.239 e. The van der Waals surface area contributed by atoms with Gasteiger partial charge >= 0.3 is 0 Å². The lowest BCUT2D eigenvalue weighted by molar-refractivity contribution is -0.534. The molecule has 3 aliphatic rings. The van der Waals surface area contributed by atoms with Crippen LogP contribution in [0.1, 0.15) is 49.7 Å². The van der Waals surface area contributed by atoms with Gasteiger partial charge in [-0.25, -0.2) is 9.88 Å². The molecular formula is C36H37N4O+. The van der Waals surface area contributed by atoms with Crippen molar-refractivity contribution in [1.29, 1.82) is 0 Å². The summed E-state index contributed by atoms with van der Waals surface area (Å²) in [7, 11) is 0. The fourth-order valence-electron chi connectivity index (χ4n) is 7.65. The highest BCUT2D eigenvalue weighted by atomic mass is 16.5. The van der Waals surface area contributed by atoms with Crippen molar-refractivity contribution in [2.75, 3.05) is 11.9 Å². The fraction of sp³-hybridized carbons (Fsp3) is 0.333. The zero-order valence-corrected chi connectivity index (χ0v) is 23.8. The number of para-hydroxylation sites is 1. The molecule has 5 heteroatoms. The van der Waals surface area contributed by atoms with Crippen LogP contribution in [0.2, 0.25) is 0 Å². The number of rotatable bonds is 4.